The van der Waals surface area contributed by atoms with E-state index in [9.17, 15) is 13.9 Å². The number of hydrogen-bond donors (Lipinski definition) is 2. The van der Waals surface area contributed by atoms with Gasteiger partial charge >= 0.3 is 0 Å². The zero-order valence-corrected chi connectivity index (χ0v) is 16.3. The van der Waals surface area contributed by atoms with Crippen molar-refractivity contribution in [2.24, 2.45) is 0 Å². The van der Waals surface area contributed by atoms with Crippen LogP contribution in [0, 0.1) is 11.6 Å². The largest absolute Gasteiger partial charge is 0.493 e. The Balaban J connectivity index is 1.24. The van der Waals surface area contributed by atoms with Crippen molar-refractivity contribution in [3.05, 3.63) is 47.2 Å². The van der Waals surface area contributed by atoms with E-state index < -0.39 is 24.1 Å². The van der Waals surface area contributed by atoms with Gasteiger partial charge in [-0.1, -0.05) is 6.07 Å². The maximum absolute atomic E-state index is 14.7. The second-order valence-electron chi connectivity index (χ2n) is 8.01. The lowest BCUT2D eigenvalue weighted by molar-refractivity contribution is 0.00706. The number of aliphatic hydroxyl groups excluding tert-OH is 1. The third-order valence-electron chi connectivity index (χ3n) is 6.02. The monoisotopic (exact) mass is 431 g/mol. The number of imidazole rings is 1. The second-order valence-corrected chi connectivity index (χ2v) is 8.01. The predicted octanol–water partition coefficient (Wildman–Crippen LogP) is 1.86. The normalized spacial score (nSPS) is 29.2. The molecule has 2 aromatic heterocycles. The Morgan fingerprint density at radius 3 is 2.87 bits per heavy atom. The highest BCUT2D eigenvalue weighted by Crippen LogP contribution is 2.38. The molecule has 2 fully saturated rings. The van der Waals surface area contributed by atoms with Gasteiger partial charge < -0.3 is 29.0 Å². The molecule has 0 amide bonds. The molecular formula is C21H19F2N3O5. The molecule has 0 unspecified atom stereocenters. The van der Waals surface area contributed by atoms with E-state index in [-0.39, 0.29) is 55.8 Å². The summed E-state index contributed by atoms with van der Waals surface area (Å²) < 4.78 is 51.4. The van der Waals surface area contributed by atoms with Gasteiger partial charge in [-0.15, -0.1) is 0 Å². The molecule has 162 valence electrons. The molecule has 5 heterocycles. The summed E-state index contributed by atoms with van der Waals surface area (Å²) in [6.07, 6.45) is -1.75. The highest BCUT2D eigenvalue weighted by Gasteiger charge is 2.48. The molecular weight excluding hydrogens is 412 g/mol. The molecule has 10 heteroatoms. The van der Waals surface area contributed by atoms with Crippen molar-refractivity contribution in [2.45, 2.75) is 36.8 Å². The van der Waals surface area contributed by atoms with E-state index >= 15 is 0 Å². The van der Waals surface area contributed by atoms with Crippen molar-refractivity contribution in [1.82, 2.24) is 15.0 Å². The SMILES string of the molecule is O[C@@H]1CO[C@H]2[C@@H]1OC[C@H]2Oc1nc2nc(C[C@@H]3COc4cccc(F)c43)c(F)cc2[nH]1. The van der Waals surface area contributed by atoms with Crippen molar-refractivity contribution >= 4 is 11.2 Å². The number of nitrogens with zero attached hydrogens (tertiary/aromatic N) is 2. The lowest BCUT2D eigenvalue weighted by atomic mass is 9.95. The van der Waals surface area contributed by atoms with Gasteiger partial charge in [0.1, 0.15) is 35.7 Å². The molecule has 0 saturated carbocycles. The summed E-state index contributed by atoms with van der Waals surface area (Å²) in [6, 6.07) is 6.13. The molecule has 2 N–H and O–H groups in total. The van der Waals surface area contributed by atoms with Crippen LogP contribution in [-0.4, -0.2) is 64.3 Å². The molecule has 2 saturated heterocycles. The molecule has 3 aliphatic heterocycles. The van der Waals surface area contributed by atoms with E-state index in [1.165, 1.54) is 12.1 Å². The number of hydrogen-bond acceptors (Lipinski definition) is 7. The van der Waals surface area contributed by atoms with Crippen molar-refractivity contribution < 1.29 is 32.8 Å². The quantitative estimate of drug-likeness (QED) is 0.651. The average molecular weight is 431 g/mol. The van der Waals surface area contributed by atoms with Crippen LogP contribution in [0.1, 0.15) is 17.2 Å². The fraction of sp³-hybridized carbons (Fsp3) is 0.429. The molecule has 0 spiro atoms. The van der Waals surface area contributed by atoms with Crippen LogP contribution in [0.25, 0.3) is 11.2 Å². The molecule has 0 bridgehead atoms. The van der Waals surface area contributed by atoms with Gasteiger partial charge in [-0.3, -0.25) is 0 Å². The molecule has 5 atom stereocenters. The first-order chi connectivity index (χ1) is 15.1. The predicted molar refractivity (Wildman–Crippen MR) is 102 cm³/mol. The van der Waals surface area contributed by atoms with Crippen LogP contribution >= 0.6 is 0 Å². The van der Waals surface area contributed by atoms with Crippen LogP contribution in [0.5, 0.6) is 11.8 Å². The van der Waals surface area contributed by atoms with Crippen LogP contribution in [0.2, 0.25) is 0 Å². The summed E-state index contributed by atoms with van der Waals surface area (Å²) in [5.74, 6) is -0.727. The van der Waals surface area contributed by atoms with Crippen LogP contribution in [0.4, 0.5) is 8.78 Å². The Morgan fingerprint density at radius 2 is 1.97 bits per heavy atom. The fourth-order valence-corrected chi connectivity index (χ4v) is 4.53. The molecule has 6 rings (SSSR count). The van der Waals surface area contributed by atoms with Gasteiger partial charge in [-0.05, 0) is 12.1 Å². The summed E-state index contributed by atoms with van der Waals surface area (Å²) >= 11 is 0. The van der Waals surface area contributed by atoms with Gasteiger partial charge in [0.2, 0.25) is 0 Å². The Hall–Kier alpha value is -2.82. The maximum atomic E-state index is 14.7. The molecule has 0 radical (unpaired) electrons. The highest BCUT2D eigenvalue weighted by molar-refractivity contribution is 5.71. The van der Waals surface area contributed by atoms with Gasteiger partial charge in [0.05, 0.1) is 31.0 Å². The number of H-pyrrole nitrogens is 1. The molecule has 3 aromatic rings. The molecule has 0 aliphatic carbocycles. The second kappa shape index (κ2) is 7.11. The highest BCUT2D eigenvalue weighted by atomic mass is 19.1. The maximum Gasteiger partial charge on any atom is 0.296 e. The Labute approximate surface area is 175 Å². The number of aromatic nitrogens is 3. The van der Waals surface area contributed by atoms with Crippen LogP contribution in [0.3, 0.4) is 0 Å². The van der Waals surface area contributed by atoms with Crippen molar-refractivity contribution in [1.29, 1.82) is 0 Å². The molecule has 3 aliphatic rings. The first kappa shape index (κ1) is 18.9. The van der Waals surface area contributed by atoms with Gasteiger partial charge in [0.25, 0.3) is 6.01 Å². The summed E-state index contributed by atoms with van der Waals surface area (Å²) in [6.45, 7) is 0.712. The zero-order chi connectivity index (χ0) is 21.1. The molecule has 31 heavy (non-hydrogen) atoms. The average Bonchev–Trinajstić information content (AvgIpc) is 3.50. The van der Waals surface area contributed by atoms with Crippen LogP contribution in [0.15, 0.2) is 24.3 Å². The summed E-state index contributed by atoms with van der Waals surface area (Å²) in [7, 11) is 0. The number of aliphatic hydroxyl groups is 1. The van der Waals surface area contributed by atoms with Gasteiger partial charge in [-0.2, -0.15) is 4.98 Å². The lowest BCUT2D eigenvalue weighted by Gasteiger charge is -2.15. The van der Waals surface area contributed by atoms with E-state index in [1.54, 1.807) is 12.1 Å². The zero-order valence-electron chi connectivity index (χ0n) is 16.3. The first-order valence-electron chi connectivity index (χ1n) is 10.1. The Bertz CT molecular complexity index is 1160. The molecule has 8 nitrogen and oxygen atoms in total. The van der Waals surface area contributed by atoms with Gasteiger partial charge in [0.15, 0.2) is 11.8 Å². The summed E-state index contributed by atoms with van der Waals surface area (Å²) in [5.41, 5.74) is 1.31. The number of pyridine rings is 1. The van der Waals surface area contributed by atoms with Crippen molar-refractivity contribution in [3.63, 3.8) is 0 Å². The molecule has 1 aromatic carbocycles. The number of rotatable bonds is 4. The topological polar surface area (TPSA) is 98.7 Å². The number of benzene rings is 1. The van der Waals surface area contributed by atoms with E-state index in [2.05, 4.69) is 15.0 Å². The van der Waals surface area contributed by atoms with E-state index in [1.807, 2.05) is 0 Å². The van der Waals surface area contributed by atoms with E-state index in [4.69, 9.17) is 18.9 Å². The van der Waals surface area contributed by atoms with Gasteiger partial charge in [-0.25, -0.2) is 13.8 Å². The van der Waals surface area contributed by atoms with Crippen LogP contribution in [-0.2, 0) is 15.9 Å². The summed E-state index contributed by atoms with van der Waals surface area (Å²) in [4.78, 5) is 11.6. The Kier molecular flexibility index (Phi) is 4.34. The number of ether oxygens (including phenoxy) is 4. The van der Waals surface area contributed by atoms with Gasteiger partial charge in [0, 0.05) is 24.0 Å². The van der Waals surface area contributed by atoms with E-state index in [0.29, 0.717) is 22.5 Å². The Morgan fingerprint density at radius 1 is 1.10 bits per heavy atom. The standard InChI is InChI=1S/C21H19F2N3O5/c22-10-2-1-3-15-17(10)9(6-28-15)4-12-11(23)5-13-20(24-12)26-21(25-13)31-16-8-30-18-14(27)7-29-19(16)18/h1-3,5,9,14,16,18-19,27H,4,6-8H2,(H,24,25,26)/t9-,14-,16-,18-,19-/m1/s1. The van der Waals surface area contributed by atoms with E-state index in [0.717, 1.165) is 0 Å². The first-order valence-corrected chi connectivity index (χ1v) is 10.1. The minimum atomic E-state index is -0.679. The number of nitrogens with one attached hydrogen (secondary N) is 1. The summed E-state index contributed by atoms with van der Waals surface area (Å²) in [5, 5.41) is 9.84. The third-order valence-corrected chi connectivity index (χ3v) is 6.02. The smallest absolute Gasteiger partial charge is 0.296 e. The minimum Gasteiger partial charge on any atom is -0.493 e. The van der Waals surface area contributed by atoms with Crippen molar-refractivity contribution in [2.75, 3.05) is 19.8 Å². The number of fused-ring (bicyclic) bond motifs is 3. The van der Waals surface area contributed by atoms with Crippen LogP contribution < -0.4 is 9.47 Å². The third kappa shape index (κ3) is 3.13. The number of halogens is 2. The number of aromatic amines is 1. The van der Waals surface area contributed by atoms with Crippen molar-refractivity contribution in [3.8, 4) is 11.8 Å². The minimum absolute atomic E-state index is 0.166. The lowest BCUT2D eigenvalue weighted by Crippen LogP contribution is -2.34. The fourth-order valence-electron chi connectivity index (χ4n) is 4.53.